The number of aromatic nitrogens is 1. The van der Waals surface area contributed by atoms with Gasteiger partial charge in [-0.05, 0) is 43.3 Å². The van der Waals surface area contributed by atoms with Gasteiger partial charge >= 0.3 is 0 Å². The van der Waals surface area contributed by atoms with Gasteiger partial charge in [-0.3, -0.25) is 10.1 Å². The Labute approximate surface area is 147 Å². The van der Waals surface area contributed by atoms with E-state index in [1.54, 1.807) is 7.11 Å². The molecule has 0 aliphatic heterocycles. The molecule has 3 rings (SSSR count). The molecule has 1 amide bonds. The number of amides is 1. The molecule has 128 valence electrons. The Morgan fingerprint density at radius 2 is 1.88 bits per heavy atom. The largest absolute Gasteiger partial charge is 0.497 e. The third-order valence-corrected chi connectivity index (χ3v) is 4.44. The highest BCUT2D eigenvalue weighted by atomic mass is 32.1. The number of carbonyl (C=O) groups is 1. The lowest BCUT2D eigenvalue weighted by Gasteiger charge is -2.03. The van der Waals surface area contributed by atoms with E-state index in [0.717, 1.165) is 34.0 Å². The number of aryl methyl sites for hydroxylation is 1. The van der Waals surface area contributed by atoms with Crippen molar-refractivity contribution in [1.82, 2.24) is 4.98 Å². The lowest BCUT2D eigenvalue weighted by molar-refractivity contribution is 0.102. The summed E-state index contributed by atoms with van der Waals surface area (Å²) >= 11 is 1.28. The molecule has 0 spiro atoms. The number of nitrogens with one attached hydrogen (secondary N) is 1. The van der Waals surface area contributed by atoms with Crippen LogP contribution in [0.4, 0.5) is 13.9 Å². The van der Waals surface area contributed by atoms with E-state index in [9.17, 15) is 13.6 Å². The lowest BCUT2D eigenvalue weighted by Crippen LogP contribution is -2.13. The number of benzene rings is 2. The van der Waals surface area contributed by atoms with Crippen LogP contribution < -0.4 is 10.1 Å². The van der Waals surface area contributed by atoms with Gasteiger partial charge in [-0.2, -0.15) is 0 Å². The summed E-state index contributed by atoms with van der Waals surface area (Å²) in [6.45, 7) is 1.88. The molecule has 0 aliphatic rings. The highest BCUT2D eigenvalue weighted by Crippen LogP contribution is 2.31. The molecule has 0 bridgehead atoms. The van der Waals surface area contributed by atoms with Crippen LogP contribution in [0.25, 0.3) is 11.3 Å². The van der Waals surface area contributed by atoms with Crippen LogP contribution >= 0.6 is 11.3 Å². The Bertz CT molecular complexity index is 923. The molecule has 3 aromatic rings. The minimum atomic E-state index is -0.916. The van der Waals surface area contributed by atoms with Crippen molar-refractivity contribution in [3.63, 3.8) is 0 Å². The Kier molecular flexibility index (Phi) is 4.76. The van der Waals surface area contributed by atoms with Crippen LogP contribution in [0.5, 0.6) is 5.75 Å². The van der Waals surface area contributed by atoms with E-state index in [1.807, 2.05) is 31.2 Å². The second-order valence-corrected chi connectivity index (χ2v) is 6.43. The summed E-state index contributed by atoms with van der Waals surface area (Å²) in [5, 5.41) is 2.90. The number of rotatable bonds is 4. The number of hydrogen-bond acceptors (Lipinski definition) is 4. The summed E-state index contributed by atoms with van der Waals surface area (Å²) in [7, 11) is 1.59. The van der Waals surface area contributed by atoms with Crippen molar-refractivity contribution in [2.45, 2.75) is 6.92 Å². The zero-order valence-electron chi connectivity index (χ0n) is 13.5. The van der Waals surface area contributed by atoms with Gasteiger partial charge in [0.2, 0.25) is 0 Å². The molecule has 0 atom stereocenters. The van der Waals surface area contributed by atoms with Crippen molar-refractivity contribution in [3.05, 3.63) is 64.5 Å². The van der Waals surface area contributed by atoms with Gasteiger partial charge in [0.25, 0.3) is 5.91 Å². The zero-order valence-corrected chi connectivity index (χ0v) is 14.3. The van der Waals surface area contributed by atoms with Gasteiger partial charge in [0.05, 0.1) is 18.4 Å². The molecule has 0 radical (unpaired) electrons. The number of halogens is 2. The molecule has 0 saturated heterocycles. The lowest BCUT2D eigenvalue weighted by atomic mass is 10.1. The summed E-state index contributed by atoms with van der Waals surface area (Å²) < 4.78 is 31.8. The van der Waals surface area contributed by atoms with Gasteiger partial charge in [0.1, 0.15) is 17.4 Å². The first kappa shape index (κ1) is 17.0. The molecule has 7 heteroatoms. The quantitative estimate of drug-likeness (QED) is 0.736. The van der Waals surface area contributed by atoms with Crippen molar-refractivity contribution in [2.24, 2.45) is 0 Å². The number of hydrogen-bond donors (Lipinski definition) is 1. The van der Waals surface area contributed by atoms with Crippen LogP contribution in [-0.2, 0) is 0 Å². The third kappa shape index (κ3) is 3.66. The van der Waals surface area contributed by atoms with Gasteiger partial charge in [-0.25, -0.2) is 13.8 Å². The molecule has 25 heavy (non-hydrogen) atoms. The van der Waals surface area contributed by atoms with Crippen LogP contribution in [0, 0.1) is 18.6 Å². The minimum Gasteiger partial charge on any atom is -0.497 e. The molecule has 0 saturated carbocycles. The third-order valence-electron chi connectivity index (χ3n) is 3.56. The van der Waals surface area contributed by atoms with Crippen LogP contribution in [0.1, 0.15) is 15.2 Å². The van der Waals surface area contributed by atoms with Crippen LogP contribution in [0.3, 0.4) is 0 Å². The Morgan fingerprint density at radius 1 is 1.16 bits per heavy atom. The zero-order chi connectivity index (χ0) is 18.0. The highest BCUT2D eigenvalue weighted by molar-refractivity contribution is 7.16. The normalized spacial score (nSPS) is 10.6. The Balaban J connectivity index is 1.83. The summed E-state index contributed by atoms with van der Waals surface area (Å²) in [5.41, 5.74) is 1.37. The smallest absolute Gasteiger partial charge is 0.260 e. The molecule has 1 aromatic heterocycles. The number of anilines is 1. The molecular formula is C18H14F2N2O2S. The van der Waals surface area contributed by atoms with E-state index in [-0.39, 0.29) is 5.56 Å². The van der Waals surface area contributed by atoms with E-state index < -0.39 is 17.5 Å². The van der Waals surface area contributed by atoms with E-state index >= 15 is 0 Å². The van der Waals surface area contributed by atoms with Gasteiger partial charge in [-0.1, -0.05) is 0 Å². The maximum atomic E-state index is 13.7. The summed E-state index contributed by atoms with van der Waals surface area (Å²) in [5.74, 6) is -1.59. The standard InChI is InChI=1S/C18H14F2N2O2S/c1-10-16(11-3-6-13(24-2)7-4-11)21-18(25-10)22-17(23)14-8-5-12(19)9-15(14)20/h3-9H,1-2H3,(H,21,22,23). The van der Waals surface area contributed by atoms with Crippen molar-refractivity contribution in [3.8, 4) is 17.0 Å². The van der Waals surface area contributed by atoms with Gasteiger partial charge in [-0.15, -0.1) is 11.3 Å². The molecule has 0 aliphatic carbocycles. The highest BCUT2D eigenvalue weighted by Gasteiger charge is 2.16. The van der Waals surface area contributed by atoms with E-state index in [2.05, 4.69) is 10.3 Å². The molecule has 2 aromatic carbocycles. The van der Waals surface area contributed by atoms with E-state index in [0.29, 0.717) is 11.2 Å². The second kappa shape index (κ2) is 6.98. The molecule has 0 unspecified atom stereocenters. The summed E-state index contributed by atoms with van der Waals surface area (Å²) in [4.78, 5) is 17.5. The average molecular weight is 360 g/mol. The molecule has 1 heterocycles. The first-order valence-electron chi connectivity index (χ1n) is 7.36. The average Bonchev–Trinajstić information content (AvgIpc) is 2.95. The van der Waals surface area contributed by atoms with E-state index in [4.69, 9.17) is 4.74 Å². The first-order valence-corrected chi connectivity index (χ1v) is 8.18. The predicted octanol–water partition coefficient (Wildman–Crippen LogP) is 4.66. The van der Waals surface area contributed by atoms with Crippen LogP contribution in [0.2, 0.25) is 0 Å². The molecular weight excluding hydrogens is 346 g/mol. The number of ether oxygens (including phenoxy) is 1. The van der Waals surface area contributed by atoms with Gasteiger partial charge in [0, 0.05) is 16.5 Å². The SMILES string of the molecule is COc1ccc(-c2nc(NC(=O)c3ccc(F)cc3F)sc2C)cc1. The topological polar surface area (TPSA) is 51.2 Å². The summed E-state index contributed by atoms with van der Waals surface area (Å²) in [6.07, 6.45) is 0. The number of thiazole rings is 1. The Hall–Kier alpha value is -2.80. The fourth-order valence-electron chi connectivity index (χ4n) is 2.30. The van der Waals surface area contributed by atoms with Crippen molar-refractivity contribution >= 4 is 22.4 Å². The number of nitrogens with zero attached hydrogens (tertiary/aromatic N) is 1. The van der Waals surface area contributed by atoms with Crippen LogP contribution in [0.15, 0.2) is 42.5 Å². The molecule has 0 fully saturated rings. The second-order valence-electron chi connectivity index (χ2n) is 5.23. The molecule has 1 N–H and O–H groups in total. The Morgan fingerprint density at radius 3 is 2.52 bits per heavy atom. The van der Waals surface area contributed by atoms with Gasteiger partial charge in [0.15, 0.2) is 5.13 Å². The maximum absolute atomic E-state index is 13.7. The van der Waals surface area contributed by atoms with Gasteiger partial charge < -0.3 is 4.74 Å². The first-order chi connectivity index (χ1) is 12.0. The fourth-order valence-corrected chi connectivity index (χ4v) is 3.14. The maximum Gasteiger partial charge on any atom is 0.260 e. The number of carbonyl (C=O) groups excluding carboxylic acids is 1. The number of methoxy groups -OCH3 is 1. The summed E-state index contributed by atoms with van der Waals surface area (Å²) in [6, 6.07) is 10.2. The monoisotopic (exact) mass is 360 g/mol. The fraction of sp³-hybridized carbons (Fsp3) is 0.111. The minimum absolute atomic E-state index is 0.236. The predicted molar refractivity (Wildman–Crippen MR) is 93.2 cm³/mol. The van der Waals surface area contributed by atoms with Crippen LogP contribution in [-0.4, -0.2) is 18.0 Å². The van der Waals surface area contributed by atoms with Crippen molar-refractivity contribution in [1.29, 1.82) is 0 Å². The van der Waals surface area contributed by atoms with Crippen molar-refractivity contribution in [2.75, 3.05) is 12.4 Å². The molecule has 4 nitrogen and oxygen atoms in total. The van der Waals surface area contributed by atoms with E-state index in [1.165, 1.54) is 11.3 Å². The van der Waals surface area contributed by atoms with Crippen molar-refractivity contribution < 1.29 is 18.3 Å².